The number of rotatable bonds is 17. The molecule has 0 spiro atoms. The molecule has 0 aliphatic rings. The number of aliphatic imine (C=N–C) groups is 1. The predicted octanol–water partition coefficient (Wildman–Crippen LogP) is -1.45. The smallest absolute Gasteiger partial charge is 0.326 e. The fraction of sp³-hybridized carbons (Fsp3) is 0.481. The number of benzene rings is 1. The van der Waals surface area contributed by atoms with E-state index in [2.05, 4.69) is 25.9 Å². The van der Waals surface area contributed by atoms with E-state index >= 15 is 0 Å². The fourth-order valence-corrected chi connectivity index (χ4v) is 4.16. The molecule has 1 aromatic heterocycles. The van der Waals surface area contributed by atoms with Crippen molar-refractivity contribution >= 4 is 46.5 Å². The van der Waals surface area contributed by atoms with Crippen LogP contribution in [-0.4, -0.2) is 76.4 Å². The Morgan fingerprint density at radius 3 is 2.10 bits per heavy atom. The lowest BCUT2D eigenvalue weighted by Crippen LogP contribution is -2.57. The van der Waals surface area contributed by atoms with Crippen LogP contribution in [0.5, 0.6) is 0 Å². The fourth-order valence-electron chi connectivity index (χ4n) is 4.16. The minimum atomic E-state index is -1.32. The SMILES string of the molecule is CC(C)C(N)C(=O)NC(CCC(N)=O)C(=O)NC(CCCN=C(N)N)C(=O)NC(Cc1c[nH]c2ccccc12)C(=O)O. The summed E-state index contributed by atoms with van der Waals surface area (Å²) >= 11 is 0. The van der Waals surface area contributed by atoms with E-state index in [0.29, 0.717) is 5.56 Å². The van der Waals surface area contributed by atoms with E-state index < -0.39 is 53.8 Å². The third kappa shape index (κ3) is 10.4. The van der Waals surface area contributed by atoms with Gasteiger partial charge in [0.15, 0.2) is 5.96 Å². The second kappa shape index (κ2) is 16.0. The molecule has 4 unspecified atom stereocenters. The first-order valence-electron chi connectivity index (χ1n) is 13.6. The molecule has 4 atom stereocenters. The van der Waals surface area contributed by atoms with Crippen LogP contribution in [0.15, 0.2) is 35.5 Å². The topological polar surface area (TPSA) is 274 Å². The molecule has 2 aromatic rings. The highest BCUT2D eigenvalue weighted by Gasteiger charge is 2.31. The molecule has 42 heavy (non-hydrogen) atoms. The number of guanidine groups is 1. The number of nitrogens with two attached hydrogens (primary N) is 4. The second-order valence-corrected chi connectivity index (χ2v) is 10.3. The molecule has 0 aliphatic heterocycles. The number of aromatic nitrogens is 1. The summed E-state index contributed by atoms with van der Waals surface area (Å²) in [6.45, 7) is 3.61. The summed E-state index contributed by atoms with van der Waals surface area (Å²) in [6, 6.07) is 2.64. The Morgan fingerprint density at radius 1 is 0.905 bits per heavy atom. The normalized spacial score (nSPS) is 13.9. The second-order valence-electron chi connectivity index (χ2n) is 10.3. The number of carbonyl (C=O) groups excluding carboxylic acids is 4. The number of carbonyl (C=O) groups is 5. The Kier molecular flexibility index (Phi) is 12.7. The molecule has 1 aromatic carbocycles. The zero-order valence-corrected chi connectivity index (χ0v) is 23.8. The van der Waals surface area contributed by atoms with Crippen molar-refractivity contribution in [3.8, 4) is 0 Å². The van der Waals surface area contributed by atoms with Crippen LogP contribution in [0.2, 0.25) is 0 Å². The average molecular weight is 588 g/mol. The van der Waals surface area contributed by atoms with Crippen molar-refractivity contribution in [2.75, 3.05) is 6.54 Å². The lowest BCUT2D eigenvalue weighted by molar-refractivity contribution is -0.142. The molecule has 0 radical (unpaired) electrons. The number of aromatic amines is 1. The predicted molar refractivity (Wildman–Crippen MR) is 157 cm³/mol. The molecule has 15 nitrogen and oxygen atoms in total. The molecular formula is C27H41N9O6. The van der Waals surface area contributed by atoms with Gasteiger partial charge in [-0.3, -0.25) is 24.2 Å². The molecule has 0 fully saturated rings. The number of para-hydroxylation sites is 1. The maximum atomic E-state index is 13.4. The third-order valence-electron chi connectivity index (χ3n) is 6.63. The number of carboxylic acid groups (broad SMARTS) is 1. The molecule has 13 N–H and O–H groups in total. The average Bonchev–Trinajstić information content (AvgIpc) is 3.33. The Hall–Kier alpha value is -4.66. The number of hydrogen-bond acceptors (Lipinski definition) is 7. The van der Waals surface area contributed by atoms with Gasteiger partial charge in [0.2, 0.25) is 23.6 Å². The number of hydrogen-bond donors (Lipinski definition) is 9. The Morgan fingerprint density at radius 2 is 1.50 bits per heavy atom. The van der Waals surface area contributed by atoms with Crippen molar-refractivity contribution in [1.82, 2.24) is 20.9 Å². The van der Waals surface area contributed by atoms with Gasteiger partial charge in [-0.25, -0.2) is 4.79 Å². The summed E-state index contributed by atoms with van der Waals surface area (Å²) in [7, 11) is 0. The number of carboxylic acids is 1. The summed E-state index contributed by atoms with van der Waals surface area (Å²) in [4.78, 5) is 69.7. The first-order valence-corrected chi connectivity index (χ1v) is 13.6. The van der Waals surface area contributed by atoms with E-state index in [4.69, 9.17) is 22.9 Å². The molecule has 0 saturated heterocycles. The minimum absolute atomic E-state index is 0.0237. The molecule has 230 valence electrons. The number of primary amides is 1. The van der Waals surface area contributed by atoms with Gasteiger partial charge in [-0.15, -0.1) is 0 Å². The number of H-pyrrole nitrogens is 1. The Balaban J connectivity index is 2.24. The highest BCUT2D eigenvalue weighted by Crippen LogP contribution is 2.19. The van der Waals surface area contributed by atoms with Gasteiger partial charge in [0, 0.05) is 36.5 Å². The Bertz CT molecular complexity index is 1290. The molecule has 2 rings (SSSR count). The first kappa shape index (κ1) is 33.5. The van der Waals surface area contributed by atoms with E-state index in [1.165, 1.54) is 0 Å². The Labute approximate surface area is 243 Å². The molecule has 1 heterocycles. The van der Waals surface area contributed by atoms with Crippen LogP contribution in [0.25, 0.3) is 10.9 Å². The molecule has 0 aliphatic carbocycles. The molecule has 15 heteroatoms. The summed E-state index contributed by atoms with van der Waals surface area (Å²) in [5.41, 5.74) is 23.4. The maximum Gasteiger partial charge on any atom is 0.326 e. The van der Waals surface area contributed by atoms with Crippen LogP contribution >= 0.6 is 0 Å². The molecule has 0 saturated carbocycles. The van der Waals surface area contributed by atoms with Gasteiger partial charge in [-0.05, 0) is 36.8 Å². The lowest BCUT2D eigenvalue weighted by Gasteiger charge is -2.25. The number of aliphatic carboxylic acids is 1. The van der Waals surface area contributed by atoms with Crippen molar-refractivity contribution in [2.24, 2.45) is 33.8 Å². The maximum absolute atomic E-state index is 13.4. The highest BCUT2D eigenvalue weighted by atomic mass is 16.4. The monoisotopic (exact) mass is 587 g/mol. The van der Waals surface area contributed by atoms with Crippen molar-refractivity contribution in [3.63, 3.8) is 0 Å². The van der Waals surface area contributed by atoms with Crippen LogP contribution in [0.4, 0.5) is 0 Å². The first-order chi connectivity index (χ1) is 19.8. The lowest BCUT2D eigenvalue weighted by atomic mass is 10.0. The number of amides is 4. The van der Waals surface area contributed by atoms with Gasteiger partial charge >= 0.3 is 5.97 Å². The van der Waals surface area contributed by atoms with E-state index in [0.717, 1.165) is 10.9 Å². The summed E-state index contributed by atoms with van der Waals surface area (Å²) in [5, 5.41) is 18.3. The van der Waals surface area contributed by atoms with Gasteiger partial charge in [-0.1, -0.05) is 32.0 Å². The zero-order valence-electron chi connectivity index (χ0n) is 23.8. The van der Waals surface area contributed by atoms with Crippen LogP contribution in [-0.2, 0) is 30.4 Å². The largest absolute Gasteiger partial charge is 0.480 e. The molecule has 4 amide bonds. The van der Waals surface area contributed by atoms with Crippen molar-refractivity contribution in [2.45, 2.75) is 70.1 Å². The van der Waals surface area contributed by atoms with Crippen LogP contribution in [0.3, 0.4) is 0 Å². The molecular weight excluding hydrogens is 546 g/mol. The van der Waals surface area contributed by atoms with Crippen LogP contribution in [0, 0.1) is 5.92 Å². The minimum Gasteiger partial charge on any atom is -0.480 e. The molecule has 0 bridgehead atoms. The summed E-state index contributed by atoms with van der Waals surface area (Å²) in [6.07, 6.45) is 1.59. The van der Waals surface area contributed by atoms with Crippen LogP contribution < -0.4 is 38.9 Å². The summed E-state index contributed by atoms with van der Waals surface area (Å²) < 4.78 is 0. The van der Waals surface area contributed by atoms with E-state index in [1.807, 2.05) is 24.3 Å². The van der Waals surface area contributed by atoms with E-state index in [9.17, 15) is 29.1 Å². The summed E-state index contributed by atoms with van der Waals surface area (Å²) in [5.74, 6) is -4.50. The van der Waals surface area contributed by atoms with Crippen LogP contribution in [0.1, 0.15) is 45.1 Å². The van der Waals surface area contributed by atoms with Gasteiger partial charge in [0.1, 0.15) is 18.1 Å². The highest BCUT2D eigenvalue weighted by molar-refractivity contribution is 5.94. The third-order valence-corrected chi connectivity index (χ3v) is 6.63. The number of nitrogens with one attached hydrogen (secondary N) is 4. The van der Waals surface area contributed by atoms with E-state index in [-0.39, 0.29) is 50.5 Å². The van der Waals surface area contributed by atoms with Crippen molar-refractivity contribution < 1.29 is 29.1 Å². The van der Waals surface area contributed by atoms with Gasteiger partial charge in [-0.2, -0.15) is 0 Å². The standard InChI is InChI=1S/C27H41N9O6/c1-14(2)22(29)25(40)35-19(9-10-21(28)37)24(39)34-18(8-5-11-32-27(30)31)23(38)36-20(26(41)42)12-15-13-33-17-7-4-3-6-16(15)17/h3-4,6-7,13-14,18-20,22,33H,5,8-12,29H2,1-2H3,(H2,28,37)(H,34,39)(H,35,40)(H,36,38)(H,41,42)(H4,30,31,32). The van der Waals surface area contributed by atoms with E-state index in [1.54, 1.807) is 20.0 Å². The quantitative estimate of drug-likeness (QED) is 0.0594. The number of nitrogens with zero attached hydrogens (tertiary/aromatic N) is 1. The number of fused-ring (bicyclic) bond motifs is 1. The van der Waals surface area contributed by atoms with Gasteiger partial charge in [0.05, 0.1) is 6.04 Å². The zero-order chi connectivity index (χ0) is 31.4. The van der Waals surface area contributed by atoms with Gasteiger partial charge < -0.3 is 49.0 Å². The van der Waals surface area contributed by atoms with Gasteiger partial charge in [0.25, 0.3) is 0 Å². The van der Waals surface area contributed by atoms with Crippen molar-refractivity contribution in [1.29, 1.82) is 0 Å². The van der Waals surface area contributed by atoms with Crippen molar-refractivity contribution in [3.05, 3.63) is 36.0 Å².